The van der Waals surface area contributed by atoms with Crippen LogP contribution in [0.3, 0.4) is 0 Å². The van der Waals surface area contributed by atoms with E-state index in [2.05, 4.69) is 51.8 Å². The summed E-state index contributed by atoms with van der Waals surface area (Å²) >= 11 is 0. The van der Waals surface area contributed by atoms with Crippen LogP contribution in [0, 0.1) is 12.3 Å². The van der Waals surface area contributed by atoms with E-state index in [1.54, 1.807) is 0 Å². The van der Waals surface area contributed by atoms with Gasteiger partial charge in [-0.25, -0.2) is 9.97 Å². The fourth-order valence-electron chi connectivity index (χ4n) is 1.93. The van der Waals surface area contributed by atoms with Crippen molar-refractivity contribution in [3.05, 3.63) is 17.1 Å². The number of nitrogens with one attached hydrogen (secondary N) is 1. The second kappa shape index (κ2) is 6.17. The maximum absolute atomic E-state index is 4.69. The Morgan fingerprint density at radius 1 is 1.11 bits per heavy atom. The van der Waals surface area contributed by atoms with Crippen LogP contribution in [0.15, 0.2) is 0 Å². The SMILES string of the molecule is CCCNc1nc(CC(C)(C)C)nc(CC)c1C. The molecule has 0 aromatic carbocycles. The summed E-state index contributed by atoms with van der Waals surface area (Å²) in [6.45, 7) is 14.1. The van der Waals surface area contributed by atoms with Gasteiger partial charge in [0.25, 0.3) is 0 Å². The third-order valence-electron chi connectivity index (χ3n) is 2.86. The fourth-order valence-corrected chi connectivity index (χ4v) is 1.93. The average Bonchev–Trinajstić information content (AvgIpc) is 2.27. The average molecular weight is 249 g/mol. The molecule has 3 nitrogen and oxygen atoms in total. The minimum atomic E-state index is 0.224. The highest BCUT2D eigenvalue weighted by atomic mass is 15.0. The molecule has 0 amide bonds. The van der Waals surface area contributed by atoms with Gasteiger partial charge in [0, 0.05) is 24.2 Å². The lowest BCUT2D eigenvalue weighted by atomic mass is 9.92. The number of aromatic nitrogens is 2. The molecule has 0 saturated heterocycles. The molecular weight excluding hydrogens is 222 g/mol. The lowest BCUT2D eigenvalue weighted by molar-refractivity contribution is 0.400. The zero-order chi connectivity index (χ0) is 13.8. The number of aryl methyl sites for hydroxylation is 1. The van der Waals surface area contributed by atoms with Crippen molar-refractivity contribution < 1.29 is 0 Å². The van der Waals surface area contributed by atoms with Gasteiger partial charge in [-0.05, 0) is 25.2 Å². The van der Waals surface area contributed by atoms with Crippen molar-refractivity contribution in [2.75, 3.05) is 11.9 Å². The number of hydrogen-bond donors (Lipinski definition) is 1. The lowest BCUT2D eigenvalue weighted by Crippen LogP contribution is -2.16. The van der Waals surface area contributed by atoms with Crippen molar-refractivity contribution in [3.63, 3.8) is 0 Å². The predicted octanol–water partition coefficient (Wildman–Crippen LogP) is 3.76. The fraction of sp³-hybridized carbons (Fsp3) is 0.733. The first-order valence-electron chi connectivity index (χ1n) is 6.97. The normalized spacial score (nSPS) is 11.7. The molecule has 0 aliphatic carbocycles. The Labute approximate surface area is 111 Å². The van der Waals surface area contributed by atoms with Crippen LogP contribution in [0.1, 0.15) is 58.1 Å². The standard InChI is InChI=1S/C15H27N3/c1-7-9-16-14-11(3)12(8-2)17-13(18-14)10-15(4,5)6/h7-10H2,1-6H3,(H,16,17,18). The van der Waals surface area contributed by atoms with E-state index in [1.165, 1.54) is 11.3 Å². The molecule has 0 bridgehead atoms. The van der Waals surface area contributed by atoms with Crippen molar-refractivity contribution in [3.8, 4) is 0 Å². The summed E-state index contributed by atoms with van der Waals surface area (Å²) in [6.07, 6.45) is 2.99. The summed E-state index contributed by atoms with van der Waals surface area (Å²) in [6, 6.07) is 0. The van der Waals surface area contributed by atoms with E-state index in [0.29, 0.717) is 0 Å². The van der Waals surface area contributed by atoms with E-state index in [-0.39, 0.29) is 5.41 Å². The molecule has 0 atom stereocenters. The molecule has 102 valence electrons. The predicted molar refractivity (Wildman–Crippen MR) is 78.1 cm³/mol. The monoisotopic (exact) mass is 249 g/mol. The molecule has 1 heterocycles. The molecule has 0 fully saturated rings. The number of rotatable bonds is 5. The highest BCUT2D eigenvalue weighted by molar-refractivity contribution is 5.45. The van der Waals surface area contributed by atoms with Crippen molar-refractivity contribution in [2.45, 2.75) is 60.8 Å². The summed E-state index contributed by atoms with van der Waals surface area (Å²) in [5, 5.41) is 3.41. The molecule has 18 heavy (non-hydrogen) atoms. The molecule has 0 spiro atoms. The Kier molecular flexibility index (Phi) is 5.12. The summed E-state index contributed by atoms with van der Waals surface area (Å²) in [5.41, 5.74) is 2.59. The second-order valence-electron chi connectivity index (χ2n) is 6.08. The van der Waals surface area contributed by atoms with E-state index in [4.69, 9.17) is 4.98 Å². The lowest BCUT2D eigenvalue weighted by Gasteiger charge is -2.19. The number of hydrogen-bond acceptors (Lipinski definition) is 3. The van der Waals surface area contributed by atoms with Crippen LogP contribution in [-0.2, 0) is 12.8 Å². The van der Waals surface area contributed by atoms with Gasteiger partial charge in [0.2, 0.25) is 0 Å². The largest absolute Gasteiger partial charge is 0.370 e. The molecule has 0 radical (unpaired) electrons. The Morgan fingerprint density at radius 3 is 2.28 bits per heavy atom. The number of anilines is 1. The molecule has 0 unspecified atom stereocenters. The van der Waals surface area contributed by atoms with Crippen LogP contribution in [-0.4, -0.2) is 16.5 Å². The summed E-state index contributed by atoms with van der Waals surface area (Å²) in [7, 11) is 0. The van der Waals surface area contributed by atoms with E-state index >= 15 is 0 Å². The van der Waals surface area contributed by atoms with Gasteiger partial charge in [0.15, 0.2) is 0 Å². The molecule has 1 rings (SSSR count). The molecule has 1 aromatic heterocycles. The van der Waals surface area contributed by atoms with Gasteiger partial charge in [-0.15, -0.1) is 0 Å². The first kappa shape index (κ1) is 14.9. The van der Waals surface area contributed by atoms with Crippen molar-refractivity contribution in [2.24, 2.45) is 5.41 Å². The number of nitrogens with zero attached hydrogens (tertiary/aromatic N) is 2. The highest BCUT2D eigenvalue weighted by Crippen LogP contribution is 2.22. The summed E-state index contributed by atoms with van der Waals surface area (Å²) in [4.78, 5) is 9.38. The Hall–Kier alpha value is -1.12. The van der Waals surface area contributed by atoms with Gasteiger partial charge in [-0.3, -0.25) is 0 Å². The zero-order valence-corrected chi connectivity index (χ0v) is 12.7. The van der Waals surface area contributed by atoms with Crippen molar-refractivity contribution >= 4 is 5.82 Å². The quantitative estimate of drug-likeness (QED) is 0.863. The molecular formula is C15H27N3. The van der Waals surface area contributed by atoms with Gasteiger partial charge >= 0.3 is 0 Å². The first-order chi connectivity index (χ1) is 8.37. The first-order valence-corrected chi connectivity index (χ1v) is 6.97. The van der Waals surface area contributed by atoms with Gasteiger partial charge in [-0.1, -0.05) is 34.6 Å². The zero-order valence-electron chi connectivity index (χ0n) is 12.7. The minimum Gasteiger partial charge on any atom is -0.370 e. The molecule has 3 heteroatoms. The van der Waals surface area contributed by atoms with Crippen LogP contribution in [0.4, 0.5) is 5.82 Å². The minimum absolute atomic E-state index is 0.224. The third-order valence-corrected chi connectivity index (χ3v) is 2.86. The summed E-state index contributed by atoms with van der Waals surface area (Å²) in [5.74, 6) is 1.98. The van der Waals surface area contributed by atoms with Crippen LogP contribution in [0.2, 0.25) is 0 Å². The third kappa shape index (κ3) is 4.28. The van der Waals surface area contributed by atoms with E-state index in [9.17, 15) is 0 Å². The second-order valence-corrected chi connectivity index (χ2v) is 6.08. The van der Waals surface area contributed by atoms with E-state index in [0.717, 1.165) is 37.4 Å². The van der Waals surface area contributed by atoms with Gasteiger partial charge < -0.3 is 5.32 Å². The molecule has 0 saturated carbocycles. The molecule has 1 N–H and O–H groups in total. The summed E-state index contributed by atoms with van der Waals surface area (Å²) < 4.78 is 0. The maximum atomic E-state index is 4.69. The van der Waals surface area contributed by atoms with E-state index in [1.807, 2.05) is 0 Å². The maximum Gasteiger partial charge on any atom is 0.132 e. The Bertz CT molecular complexity index is 391. The molecule has 0 aliphatic heterocycles. The van der Waals surface area contributed by atoms with E-state index < -0.39 is 0 Å². The van der Waals surface area contributed by atoms with Crippen LogP contribution in [0.25, 0.3) is 0 Å². The van der Waals surface area contributed by atoms with Crippen LogP contribution < -0.4 is 5.32 Å². The van der Waals surface area contributed by atoms with Gasteiger partial charge in [0.05, 0.1) is 0 Å². The Morgan fingerprint density at radius 2 is 1.78 bits per heavy atom. The van der Waals surface area contributed by atoms with Gasteiger partial charge in [-0.2, -0.15) is 0 Å². The smallest absolute Gasteiger partial charge is 0.132 e. The highest BCUT2D eigenvalue weighted by Gasteiger charge is 2.16. The molecule has 0 aliphatic rings. The Balaban J connectivity index is 3.05. The van der Waals surface area contributed by atoms with Crippen LogP contribution in [0.5, 0.6) is 0 Å². The van der Waals surface area contributed by atoms with Crippen molar-refractivity contribution in [1.82, 2.24) is 9.97 Å². The molecule has 1 aromatic rings. The van der Waals surface area contributed by atoms with Crippen LogP contribution >= 0.6 is 0 Å². The topological polar surface area (TPSA) is 37.8 Å². The van der Waals surface area contributed by atoms with Crippen molar-refractivity contribution in [1.29, 1.82) is 0 Å². The van der Waals surface area contributed by atoms with Gasteiger partial charge in [0.1, 0.15) is 11.6 Å².